The van der Waals surface area contributed by atoms with Gasteiger partial charge in [-0.25, -0.2) is 0 Å². The number of hydrogen-bond acceptors (Lipinski definition) is 1. The number of aliphatic hydroxyl groups is 1. The van der Waals surface area contributed by atoms with Crippen molar-refractivity contribution < 1.29 is 5.11 Å². The van der Waals surface area contributed by atoms with Gasteiger partial charge in [-0.15, -0.1) is 11.6 Å². The van der Waals surface area contributed by atoms with E-state index in [0.717, 1.165) is 5.57 Å². The Bertz CT molecular complexity index is 68.5. The van der Waals surface area contributed by atoms with Crippen molar-refractivity contribution in [2.45, 2.75) is 6.92 Å². The van der Waals surface area contributed by atoms with Gasteiger partial charge in [0, 0.05) is 5.88 Å². The number of alkyl halides is 1. The molecule has 0 rings (SSSR count). The number of aliphatic hydroxyl groups excluding tert-OH is 1. The van der Waals surface area contributed by atoms with Crippen LogP contribution in [-0.4, -0.2) is 17.6 Å². The number of rotatable bonds is 2. The SMILES string of the molecule is CC(=CCCl)CO. The Hall–Kier alpha value is -0.0100. The van der Waals surface area contributed by atoms with Gasteiger partial charge in [0.05, 0.1) is 6.61 Å². The predicted octanol–water partition coefficient (Wildman–Crippen LogP) is 1.16. The quantitative estimate of drug-likeness (QED) is 0.429. The Morgan fingerprint density at radius 3 is 2.57 bits per heavy atom. The molecule has 0 aromatic rings. The van der Waals surface area contributed by atoms with E-state index in [0.29, 0.717) is 5.88 Å². The topological polar surface area (TPSA) is 20.2 Å². The first kappa shape index (κ1) is 6.99. The van der Waals surface area contributed by atoms with Gasteiger partial charge < -0.3 is 5.11 Å². The van der Waals surface area contributed by atoms with Gasteiger partial charge in [-0.2, -0.15) is 0 Å². The molecule has 0 unspecified atom stereocenters. The van der Waals surface area contributed by atoms with Crippen molar-refractivity contribution in [1.29, 1.82) is 0 Å². The molecule has 0 fully saturated rings. The summed E-state index contributed by atoms with van der Waals surface area (Å²) < 4.78 is 0. The van der Waals surface area contributed by atoms with Crippen LogP contribution in [0.15, 0.2) is 11.6 Å². The zero-order chi connectivity index (χ0) is 5.70. The summed E-state index contributed by atoms with van der Waals surface area (Å²) in [5.41, 5.74) is 0.926. The fraction of sp³-hybridized carbons (Fsp3) is 0.600. The van der Waals surface area contributed by atoms with Crippen LogP contribution in [0.5, 0.6) is 0 Å². The van der Waals surface area contributed by atoms with Crippen LogP contribution in [0.4, 0.5) is 0 Å². The van der Waals surface area contributed by atoms with Gasteiger partial charge in [0.1, 0.15) is 0 Å². The van der Waals surface area contributed by atoms with Crippen molar-refractivity contribution in [3.05, 3.63) is 11.6 Å². The van der Waals surface area contributed by atoms with Crippen molar-refractivity contribution in [3.8, 4) is 0 Å². The second-order valence-electron chi connectivity index (χ2n) is 1.36. The lowest BCUT2D eigenvalue weighted by Gasteiger charge is -1.87. The first-order valence-corrected chi connectivity index (χ1v) is 2.67. The molecule has 0 saturated carbocycles. The third-order valence-electron chi connectivity index (χ3n) is 0.675. The zero-order valence-electron chi connectivity index (χ0n) is 4.32. The summed E-state index contributed by atoms with van der Waals surface area (Å²) in [4.78, 5) is 0. The first-order valence-electron chi connectivity index (χ1n) is 2.13. The molecule has 0 aliphatic carbocycles. The molecule has 0 aliphatic heterocycles. The first-order chi connectivity index (χ1) is 3.31. The average molecular weight is 121 g/mol. The molecule has 0 saturated heterocycles. The fourth-order valence-corrected chi connectivity index (χ4v) is 0.460. The molecule has 0 aromatic heterocycles. The molecule has 0 atom stereocenters. The smallest absolute Gasteiger partial charge is 0.0639 e. The van der Waals surface area contributed by atoms with Crippen LogP contribution in [0.2, 0.25) is 0 Å². The third kappa shape index (κ3) is 3.83. The van der Waals surface area contributed by atoms with E-state index in [1.54, 1.807) is 6.08 Å². The van der Waals surface area contributed by atoms with E-state index in [2.05, 4.69) is 0 Å². The molecular formula is C5H9ClO. The summed E-state index contributed by atoms with van der Waals surface area (Å²) in [5.74, 6) is 0.492. The highest BCUT2D eigenvalue weighted by Crippen LogP contribution is 1.89. The Morgan fingerprint density at radius 2 is 2.43 bits per heavy atom. The Morgan fingerprint density at radius 1 is 1.86 bits per heavy atom. The van der Waals surface area contributed by atoms with Gasteiger partial charge in [-0.05, 0) is 6.92 Å². The summed E-state index contributed by atoms with van der Waals surface area (Å²) in [6.07, 6.45) is 1.78. The summed E-state index contributed by atoms with van der Waals surface area (Å²) in [6.45, 7) is 1.95. The monoisotopic (exact) mass is 120 g/mol. The summed E-state index contributed by atoms with van der Waals surface area (Å²) in [6, 6.07) is 0. The van der Waals surface area contributed by atoms with Crippen LogP contribution in [0.1, 0.15) is 6.92 Å². The molecule has 2 heteroatoms. The van der Waals surface area contributed by atoms with Crippen molar-refractivity contribution in [1.82, 2.24) is 0 Å². The van der Waals surface area contributed by atoms with Crippen LogP contribution < -0.4 is 0 Å². The number of allylic oxidation sites excluding steroid dienone is 1. The molecule has 0 aliphatic rings. The largest absolute Gasteiger partial charge is 0.392 e. The van der Waals surface area contributed by atoms with E-state index < -0.39 is 0 Å². The fourth-order valence-electron chi connectivity index (χ4n) is 0.196. The third-order valence-corrected chi connectivity index (χ3v) is 0.829. The van der Waals surface area contributed by atoms with Crippen molar-refractivity contribution in [3.63, 3.8) is 0 Å². The Balaban J connectivity index is 3.29. The lowest BCUT2D eigenvalue weighted by molar-refractivity contribution is 0.331. The van der Waals surface area contributed by atoms with Crippen molar-refractivity contribution in [2.24, 2.45) is 0 Å². The van der Waals surface area contributed by atoms with Crippen LogP contribution in [-0.2, 0) is 0 Å². The van der Waals surface area contributed by atoms with E-state index in [1.807, 2.05) is 6.92 Å². The zero-order valence-corrected chi connectivity index (χ0v) is 5.07. The van der Waals surface area contributed by atoms with Crippen molar-refractivity contribution >= 4 is 11.6 Å². The van der Waals surface area contributed by atoms with Gasteiger partial charge in [-0.3, -0.25) is 0 Å². The second kappa shape index (κ2) is 4.16. The maximum atomic E-state index is 8.34. The standard InChI is InChI=1S/C5H9ClO/c1-5(4-7)2-3-6/h2,7H,3-4H2,1H3. The van der Waals surface area contributed by atoms with E-state index in [4.69, 9.17) is 16.7 Å². The average Bonchev–Trinajstić information content (AvgIpc) is 1.68. The molecule has 0 bridgehead atoms. The molecule has 0 heterocycles. The maximum Gasteiger partial charge on any atom is 0.0639 e. The molecule has 0 spiro atoms. The van der Waals surface area contributed by atoms with Gasteiger partial charge in [-0.1, -0.05) is 11.6 Å². The summed E-state index contributed by atoms with van der Waals surface area (Å²) >= 11 is 5.29. The van der Waals surface area contributed by atoms with E-state index in [9.17, 15) is 0 Å². The molecule has 1 N–H and O–H groups in total. The molecule has 0 amide bonds. The maximum absolute atomic E-state index is 8.34. The summed E-state index contributed by atoms with van der Waals surface area (Å²) in [5, 5.41) is 8.34. The predicted molar refractivity (Wildman–Crippen MR) is 31.6 cm³/mol. The highest BCUT2D eigenvalue weighted by Gasteiger charge is 1.78. The highest BCUT2D eigenvalue weighted by atomic mass is 35.5. The van der Waals surface area contributed by atoms with Crippen LogP contribution in [0, 0.1) is 0 Å². The Labute approximate surface area is 48.6 Å². The molecule has 7 heavy (non-hydrogen) atoms. The highest BCUT2D eigenvalue weighted by molar-refractivity contribution is 6.18. The molecular weight excluding hydrogens is 112 g/mol. The van der Waals surface area contributed by atoms with Crippen molar-refractivity contribution in [2.75, 3.05) is 12.5 Å². The number of hydrogen-bond donors (Lipinski definition) is 1. The van der Waals surface area contributed by atoms with Crippen LogP contribution in [0.25, 0.3) is 0 Å². The van der Waals surface area contributed by atoms with E-state index in [1.165, 1.54) is 0 Å². The van der Waals surface area contributed by atoms with E-state index in [-0.39, 0.29) is 6.61 Å². The van der Waals surface area contributed by atoms with Gasteiger partial charge in [0.25, 0.3) is 0 Å². The molecule has 0 aromatic carbocycles. The Kier molecular flexibility index (Phi) is 4.15. The lowest BCUT2D eigenvalue weighted by atomic mass is 10.3. The molecule has 0 radical (unpaired) electrons. The van der Waals surface area contributed by atoms with Gasteiger partial charge in [0.2, 0.25) is 0 Å². The minimum absolute atomic E-state index is 0.118. The minimum atomic E-state index is 0.118. The van der Waals surface area contributed by atoms with Crippen LogP contribution in [0.3, 0.4) is 0 Å². The van der Waals surface area contributed by atoms with Gasteiger partial charge in [0.15, 0.2) is 0 Å². The minimum Gasteiger partial charge on any atom is -0.392 e. The second-order valence-corrected chi connectivity index (χ2v) is 1.67. The van der Waals surface area contributed by atoms with Gasteiger partial charge >= 0.3 is 0 Å². The van der Waals surface area contributed by atoms with Crippen LogP contribution >= 0.6 is 11.6 Å². The summed E-state index contributed by atoms with van der Waals surface area (Å²) in [7, 11) is 0. The molecule has 42 valence electrons. The molecule has 1 nitrogen and oxygen atoms in total. The normalized spacial score (nSPS) is 12.1. The van der Waals surface area contributed by atoms with E-state index >= 15 is 0 Å². The number of halogens is 1. The lowest BCUT2D eigenvalue weighted by Crippen LogP contribution is -1.82.